The molecule has 5 heteroatoms. The number of likely N-dealkylation sites (tertiary alicyclic amines) is 2. The first-order valence-corrected chi connectivity index (χ1v) is 7.03. The topological polar surface area (TPSA) is 49.6 Å². The van der Waals surface area contributed by atoms with Gasteiger partial charge in [-0.05, 0) is 46.2 Å². The molecule has 3 heterocycles. The summed E-state index contributed by atoms with van der Waals surface area (Å²) in [6, 6.07) is 0.460. The zero-order chi connectivity index (χ0) is 13.5. The van der Waals surface area contributed by atoms with E-state index >= 15 is 0 Å². The van der Waals surface area contributed by atoms with E-state index in [-0.39, 0.29) is 11.4 Å². The van der Waals surface area contributed by atoms with Crippen LogP contribution in [0.15, 0.2) is 17.0 Å². The second-order valence-electron chi connectivity index (χ2n) is 5.92. The van der Waals surface area contributed by atoms with Crippen molar-refractivity contribution in [3.63, 3.8) is 0 Å². The molecule has 1 amide bonds. The van der Waals surface area contributed by atoms with Crippen molar-refractivity contribution in [2.45, 2.75) is 44.2 Å². The van der Waals surface area contributed by atoms with Crippen LogP contribution in [0, 0.1) is 0 Å². The van der Waals surface area contributed by atoms with Gasteiger partial charge in [0.25, 0.3) is 5.91 Å². The van der Waals surface area contributed by atoms with E-state index in [9.17, 15) is 4.79 Å². The van der Waals surface area contributed by atoms with E-state index in [4.69, 9.17) is 4.42 Å². The fourth-order valence-electron chi connectivity index (χ4n) is 3.82. The van der Waals surface area contributed by atoms with Crippen LogP contribution in [0.25, 0.3) is 0 Å². The van der Waals surface area contributed by atoms with Crippen LogP contribution in [-0.4, -0.2) is 52.4 Å². The number of aromatic nitrogens is 1. The Morgan fingerprint density at radius 2 is 2.32 bits per heavy atom. The SMILES string of the molecule is CN1CCC[C@@]2(C)[C@@H]1CCCN2C(=O)c1cnco1. The number of carbonyl (C=O) groups excluding carboxylic acids is 1. The van der Waals surface area contributed by atoms with Crippen LogP contribution >= 0.6 is 0 Å². The van der Waals surface area contributed by atoms with Crippen molar-refractivity contribution < 1.29 is 9.21 Å². The first-order valence-electron chi connectivity index (χ1n) is 7.03. The molecular formula is C14H21N3O2. The van der Waals surface area contributed by atoms with E-state index in [1.165, 1.54) is 19.0 Å². The number of hydrogen-bond donors (Lipinski definition) is 0. The van der Waals surface area contributed by atoms with Gasteiger partial charge < -0.3 is 14.2 Å². The molecule has 104 valence electrons. The molecule has 3 rings (SSSR count). The third kappa shape index (κ3) is 1.96. The van der Waals surface area contributed by atoms with E-state index in [0.717, 1.165) is 32.4 Å². The van der Waals surface area contributed by atoms with E-state index in [0.29, 0.717) is 11.8 Å². The summed E-state index contributed by atoms with van der Waals surface area (Å²) in [4.78, 5) is 20.9. The summed E-state index contributed by atoms with van der Waals surface area (Å²) in [7, 11) is 2.17. The lowest BCUT2D eigenvalue weighted by Gasteiger charge is -2.55. The molecule has 2 aliphatic heterocycles. The van der Waals surface area contributed by atoms with Gasteiger partial charge in [0.2, 0.25) is 5.76 Å². The van der Waals surface area contributed by atoms with Gasteiger partial charge in [0, 0.05) is 12.6 Å². The molecule has 0 saturated carbocycles. The zero-order valence-corrected chi connectivity index (χ0v) is 11.6. The molecule has 0 unspecified atom stereocenters. The first kappa shape index (κ1) is 12.7. The number of nitrogens with zero attached hydrogens (tertiary/aromatic N) is 3. The molecule has 0 aliphatic carbocycles. The fourth-order valence-corrected chi connectivity index (χ4v) is 3.82. The molecular weight excluding hydrogens is 242 g/mol. The molecule has 0 aromatic carbocycles. The molecule has 2 aliphatic rings. The van der Waals surface area contributed by atoms with E-state index in [2.05, 4.69) is 23.9 Å². The van der Waals surface area contributed by atoms with Crippen molar-refractivity contribution in [3.8, 4) is 0 Å². The summed E-state index contributed by atoms with van der Waals surface area (Å²) >= 11 is 0. The van der Waals surface area contributed by atoms with Crippen LogP contribution in [0.4, 0.5) is 0 Å². The number of likely N-dealkylation sites (N-methyl/N-ethyl adjacent to an activating group) is 1. The first-order chi connectivity index (χ1) is 9.13. The Hall–Kier alpha value is -1.36. The van der Waals surface area contributed by atoms with Crippen molar-refractivity contribution >= 4 is 5.91 Å². The van der Waals surface area contributed by atoms with Crippen molar-refractivity contribution in [2.75, 3.05) is 20.1 Å². The maximum atomic E-state index is 12.6. The number of rotatable bonds is 1. The summed E-state index contributed by atoms with van der Waals surface area (Å²) in [6.07, 6.45) is 7.29. The number of fused-ring (bicyclic) bond motifs is 1. The minimum absolute atomic E-state index is 0.0139. The average Bonchev–Trinajstić information content (AvgIpc) is 2.91. The second kappa shape index (κ2) is 4.63. The van der Waals surface area contributed by atoms with Gasteiger partial charge in [0.05, 0.1) is 11.7 Å². The number of oxazole rings is 1. The number of piperidine rings is 2. The van der Waals surface area contributed by atoms with E-state index in [1.807, 2.05) is 4.90 Å². The van der Waals surface area contributed by atoms with Gasteiger partial charge in [-0.25, -0.2) is 4.98 Å². The van der Waals surface area contributed by atoms with Gasteiger partial charge >= 0.3 is 0 Å². The minimum Gasteiger partial charge on any atom is -0.438 e. The summed E-state index contributed by atoms with van der Waals surface area (Å²) in [5, 5.41) is 0. The zero-order valence-electron chi connectivity index (χ0n) is 11.6. The van der Waals surface area contributed by atoms with Gasteiger partial charge in [-0.1, -0.05) is 0 Å². The Labute approximate surface area is 113 Å². The van der Waals surface area contributed by atoms with Crippen LogP contribution < -0.4 is 0 Å². The van der Waals surface area contributed by atoms with Crippen LogP contribution in [-0.2, 0) is 0 Å². The Bertz CT molecular complexity index is 459. The molecule has 2 atom stereocenters. The molecule has 2 fully saturated rings. The van der Waals surface area contributed by atoms with E-state index < -0.39 is 0 Å². The molecule has 2 saturated heterocycles. The molecule has 0 spiro atoms. The summed E-state index contributed by atoms with van der Waals surface area (Å²) in [5.41, 5.74) is -0.0743. The third-order valence-corrected chi connectivity index (χ3v) is 4.81. The van der Waals surface area contributed by atoms with Crippen LogP contribution in [0.1, 0.15) is 43.2 Å². The predicted octanol–water partition coefficient (Wildman–Crippen LogP) is 1.76. The molecule has 19 heavy (non-hydrogen) atoms. The Morgan fingerprint density at radius 1 is 1.47 bits per heavy atom. The van der Waals surface area contributed by atoms with Gasteiger partial charge in [-0.2, -0.15) is 0 Å². The molecule has 0 N–H and O–H groups in total. The van der Waals surface area contributed by atoms with Crippen LogP contribution in [0.3, 0.4) is 0 Å². The van der Waals surface area contributed by atoms with Crippen molar-refractivity contribution in [1.29, 1.82) is 0 Å². The average molecular weight is 263 g/mol. The largest absolute Gasteiger partial charge is 0.438 e. The van der Waals surface area contributed by atoms with Crippen molar-refractivity contribution in [1.82, 2.24) is 14.8 Å². The standard InChI is InChI=1S/C14H21N3O2/c1-14-6-4-7-16(2)12(14)5-3-8-17(14)13(18)11-9-15-10-19-11/h9-10,12H,3-8H2,1-2H3/t12-,14-/m0/s1. The monoisotopic (exact) mass is 263 g/mol. The smallest absolute Gasteiger partial charge is 0.291 e. The maximum Gasteiger partial charge on any atom is 0.291 e. The maximum absolute atomic E-state index is 12.6. The molecule has 0 radical (unpaired) electrons. The second-order valence-corrected chi connectivity index (χ2v) is 5.92. The Balaban J connectivity index is 1.90. The van der Waals surface area contributed by atoms with Crippen molar-refractivity contribution in [2.24, 2.45) is 0 Å². The van der Waals surface area contributed by atoms with Crippen LogP contribution in [0.2, 0.25) is 0 Å². The highest BCUT2D eigenvalue weighted by Crippen LogP contribution is 2.39. The minimum atomic E-state index is -0.0743. The molecule has 5 nitrogen and oxygen atoms in total. The summed E-state index contributed by atoms with van der Waals surface area (Å²) in [6.45, 7) is 4.17. The third-order valence-electron chi connectivity index (χ3n) is 4.81. The number of amides is 1. The van der Waals surface area contributed by atoms with Crippen LogP contribution in [0.5, 0.6) is 0 Å². The highest BCUT2D eigenvalue weighted by Gasteiger charge is 2.48. The lowest BCUT2D eigenvalue weighted by atomic mass is 9.76. The number of carbonyl (C=O) groups is 1. The predicted molar refractivity (Wildman–Crippen MR) is 70.8 cm³/mol. The summed E-state index contributed by atoms with van der Waals surface area (Å²) in [5.74, 6) is 0.343. The summed E-state index contributed by atoms with van der Waals surface area (Å²) < 4.78 is 5.18. The Morgan fingerprint density at radius 3 is 3.05 bits per heavy atom. The molecule has 0 bridgehead atoms. The quantitative estimate of drug-likeness (QED) is 0.774. The lowest BCUT2D eigenvalue weighted by Crippen LogP contribution is -2.66. The number of hydrogen-bond acceptors (Lipinski definition) is 4. The van der Waals surface area contributed by atoms with Gasteiger partial charge in [-0.3, -0.25) is 4.79 Å². The fraction of sp³-hybridized carbons (Fsp3) is 0.714. The molecule has 1 aromatic rings. The van der Waals surface area contributed by atoms with Gasteiger partial charge in [0.15, 0.2) is 6.39 Å². The van der Waals surface area contributed by atoms with E-state index in [1.54, 1.807) is 0 Å². The Kier molecular flexibility index (Phi) is 3.09. The highest BCUT2D eigenvalue weighted by atomic mass is 16.3. The lowest BCUT2D eigenvalue weighted by molar-refractivity contribution is -0.0359. The van der Waals surface area contributed by atoms with Gasteiger partial charge in [0.1, 0.15) is 0 Å². The van der Waals surface area contributed by atoms with Gasteiger partial charge in [-0.15, -0.1) is 0 Å². The normalized spacial score (nSPS) is 32.1. The highest BCUT2D eigenvalue weighted by molar-refractivity contribution is 5.91. The van der Waals surface area contributed by atoms with Crippen molar-refractivity contribution in [3.05, 3.63) is 18.4 Å². The molecule has 1 aromatic heterocycles.